The molecule has 2 amide bonds. The van der Waals surface area contributed by atoms with Crippen LogP contribution in [0.1, 0.15) is 34.7 Å². The third kappa shape index (κ3) is 5.07. The zero-order valence-corrected chi connectivity index (χ0v) is 16.4. The number of nitrogens with one attached hydrogen (secondary N) is 1. The molecule has 9 nitrogen and oxygen atoms in total. The second-order valence-corrected chi connectivity index (χ2v) is 6.53. The van der Waals surface area contributed by atoms with Crippen LogP contribution in [0.5, 0.6) is 0 Å². The average molecular weight is 397 g/mol. The molecule has 29 heavy (non-hydrogen) atoms. The third-order valence-electron chi connectivity index (χ3n) is 4.51. The van der Waals surface area contributed by atoms with Crippen molar-refractivity contribution in [3.8, 4) is 0 Å². The van der Waals surface area contributed by atoms with Gasteiger partial charge in [-0.05, 0) is 26.0 Å². The lowest BCUT2D eigenvalue weighted by atomic mass is 10.1. The van der Waals surface area contributed by atoms with E-state index in [1.165, 1.54) is 19.3 Å². The molecule has 1 aliphatic rings. The maximum atomic E-state index is 12.6. The van der Waals surface area contributed by atoms with Gasteiger partial charge in [-0.1, -0.05) is 12.1 Å². The fourth-order valence-corrected chi connectivity index (χ4v) is 2.94. The smallest absolute Gasteiger partial charge is 0.409 e. The van der Waals surface area contributed by atoms with Crippen LogP contribution < -0.4 is 5.32 Å². The first-order valence-electron chi connectivity index (χ1n) is 9.39. The van der Waals surface area contributed by atoms with Crippen molar-refractivity contribution in [2.45, 2.75) is 13.8 Å². The number of hydrogen-bond donors (Lipinski definition) is 1. The highest BCUT2D eigenvalue weighted by atomic mass is 16.6. The van der Waals surface area contributed by atoms with Crippen LogP contribution >= 0.6 is 0 Å². The van der Waals surface area contributed by atoms with Crippen LogP contribution in [0.2, 0.25) is 0 Å². The predicted molar refractivity (Wildman–Crippen MR) is 106 cm³/mol. The monoisotopic (exact) mass is 397 g/mol. The minimum atomic E-state index is -0.358. The number of amides is 2. The van der Waals surface area contributed by atoms with Gasteiger partial charge in [-0.15, -0.1) is 0 Å². The summed E-state index contributed by atoms with van der Waals surface area (Å²) in [4.78, 5) is 47.5. The first kappa shape index (κ1) is 20.2. The van der Waals surface area contributed by atoms with Gasteiger partial charge in [-0.25, -0.2) is 14.8 Å². The minimum absolute atomic E-state index is 0.0243. The summed E-state index contributed by atoms with van der Waals surface area (Å²) in [6.45, 7) is 5.26. The van der Waals surface area contributed by atoms with Crippen molar-refractivity contribution in [1.29, 1.82) is 0 Å². The Morgan fingerprint density at radius 3 is 2.41 bits per heavy atom. The van der Waals surface area contributed by atoms with Crippen LogP contribution in [0.15, 0.2) is 36.7 Å². The molecule has 0 spiro atoms. The number of carbonyl (C=O) groups is 3. The average Bonchev–Trinajstić information content (AvgIpc) is 2.74. The molecule has 2 heterocycles. The van der Waals surface area contributed by atoms with E-state index in [0.717, 1.165) is 0 Å². The Kier molecular flexibility index (Phi) is 6.38. The van der Waals surface area contributed by atoms with Crippen LogP contribution in [0.25, 0.3) is 0 Å². The molecule has 152 valence electrons. The van der Waals surface area contributed by atoms with E-state index in [-0.39, 0.29) is 23.5 Å². The van der Waals surface area contributed by atoms with Crippen LogP contribution in [0.3, 0.4) is 0 Å². The van der Waals surface area contributed by atoms with Gasteiger partial charge in [-0.3, -0.25) is 9.59 Å². The summed E-state index contributed by atoms with van der Waals surface area (Å²) in [7, 11) is 0. The fourth-order valence-electron chi connectivity index (χ4n) is 2.94. The zero-order valence-electron chi connectivity index (χ0n) is 16.4. The van der Waals surface area contributed by atoms with Crippen molar-refractivity contribution >= 4 is 29.3 Å². The lowest BCUT2D eigenvalue weighted by molar-refractivity contribution is 0.0565. The van der Waals surface area contributed by atoms with E-state index in [0.29, 0.717) is 49.9 Å². The van der Waals surface area contributed by atoms with E-state index in [4.69, 9.17) is 4.74 Å². The van der Waals surface area contributed by atoms with Crippen molar-refractivity contribution in [1.82, 2.24) is 19.8 Å². The number of rotatable bonds is 5. The van der Waals surface area contributed by atoms with E-state index >= 15 is 0 Å². The lowest BCUT2D eigenvalue weighted by Crippen LogP contribution is -2.50. The molecular formula is C20H23N5O4. The van der Waals surface area contributed by atoms with Gasteiger partial charge in [0.05, 0.1) is 19.0 Å². The number of ether oxygens (including phenoxy) is 1. The second kappa shape index (κ2) is 9.13. The van der Waals surface area contributed by atoms with Crippen LogP contribution in [0, 0.1) is 0 Å². The predicted octanol–water partition coefficient (Wildman–Crippen LogP) is 2.34. The maximum absolute atomic E-state index is 12.6. The van der Waals surface area contributed by atoms with E-state index in [9.17, 15) is 14.4 Å². The van der Waals surface area contributed by atoms with Gasteiger partial charge in [0.25, 0.3) is 5.91 Å². The molecule has 0 bridgehead atoms. The van der Waals surface area contributed by atoms with E-state index in [2.05, 4.69) is 15.3 Å². The van der Waals surface area contributed by atoms with E-state index in [1.807, 2.05) is 6.07 Å². The Hall–Kier alpha value is -3.49. The van der Waals surface area contributed by atoms with Crippen molar-refractivity contribution in [3.63, 3.8) is 0 Å². The summed E-state index contributed by atoms with van der Waals surface area (Å²) in [5, 5.41) is 3.07. The minimum Gasteiger partial charge on any atom is -0.450 e. The maximum Gasteiger partial charge on any atom is 0.409 e. The van der Waals surface area contributed by atoms with E-state index in [1.54, 1.807) is 34.9 Å². The molecule has 0 unspecified atom stereocenters. The summed E-state index contributed by atoms with van der Waals surface area (Å²) in [5.74, 6) is 0.212. The highest BCUT2D eigenvalue weighted by Crippen LogP contribution is 2.16. The van der Waals surface area contributed by atoms with Crippen LogP contribution in [0.4, 0.5) is 16.3 Å². The molecule has 1 saturated heterocycles. The Morgan fingerprint density at radius 1 is 1.07 bits per heavy atom. The number of benzene rings is 1. The summed E-state index contributed by atoms with van der Waals surface area (Å²) in [6.07, 6.45) is 2.53. The highest BCUT2D eigenvalue weighted by Gasteiger charge is 2.26. The summed E-state index contributed by atoms with van der Waals surface area (Å²) < 4.78 is 4.98. The van der Waals surface area contributed by atoms with Crippen molar-refractivity contribution in [2.75, 3.05) is 38.1 Å². The van der Waals surface area contributed by atoms with Gasteiger partial charge in [0.1, 0.15) is 11.5 Å². The number of piperazine rings is 1. The number of aromatic nitrogens is 2. The van der Waals surface area contributed by atoms with Gasteiger partial charge in [0.15, 0.2) is 5.78 Å². The Labute approximate surface area is 168 Å². The molecule has 0 atom stereocenters. The Bertz CT molecular complexity index is 892. The fraction of sp³-hybridized carbons (Fsp3) is 0.350. The molecule has 1 fully saturated rings. The van der Waals surface area contributed by atoms with Gasteiger partial charge in [0.2, 0.25) is 0 Å². The topological polar surface area (TPSA) is 105 Å². The summed E-state index contributed by atoms with van der Waals surface area (Å²) in [6, 6.07) is 7.06. The molecule has 0 aliphatic carbocycles. The summed E-state index contributed by atoms with van der Waals surface area (Å²) in [5.41, 5.74) is 1.54. The zero-order chi connectivity index (χ0) is 20.8. The number of anilines is 2. The SMILES string of the molecule is CCOC(=O)N1CCN(C(=O)c2cnc(Nc3cccc(C(C)=O)c3)cn2)CC1. The molecule has 1 N–H and O–H groups in total. The Balaban J connectivity index is 1.59. The van der Waals surface area contributed by atoms with E-state index < -0.39 is 0 Å². The number of carbonyl (C=O) groups excluding carboxylic acids is 3. The Morgan fingerprint density at radius 2 is 1.79 bits per heavy atom. The van der Waals surface area contributed by atoms with Crippen LogP contribution in [-0.4, -0.2) is 70.3 Å². The molecule has 1 aromatic heterocycles. The molecule has 9 heteroatoms. The number of nitrogens with zero attached hydrogens (tertiary/aromatic N) is 4. The third-order valence-corrected chi connectivity index (χ3v) is 4.51. The van der Waals surface area contributed by atoms with Crippen molar-refractivity contribution in [3.05, 3.63) is 47.9 Å². The molecule has 0 saturated carbocycles. The molecule has 3 rings (SSSR count). The highest BCUT2D eigenvalue weighted by molar-refractivity contribution is 5.95. The largest absolute Gasteiger partial charge is 0.450 e. The first-order valence-corrected chi connectivity index (χ1v) is 9.39. The van der Waals surface area contributed by atoms with Gasteiger partial charge in [-0.2, -0.15) is 0 Å². The quantitative estimate of drug-likeness (QED) is 0.772. The number of hydrogen-bond acceptors (Lipinski definition) is 7. The van der Waals surface area contributed by atoms with Gasteiger partial charge in [0, 0.05) is 37.4 Å². The molecular weight excluding hydrogens is 374 g/mol. The molecule has 1 aromatic carbocycles. The lowest BCUT2D eigenvalue weighted by Gasteiger charge is -2.33. The first-order chi connectivity index (χ1) is 14.0. The standard InChI is InChI=1S/C20H23N5O4/c1-3-29-20(28)25-9-7-24(8-10-25)19(27)17-12-22-18(13-21-17)23-16-6-4-5-15(11-16)14(2)26/h4-6,11-13H,3,7-10H2,1-2H3,(H,22,23). The van der Waals surface area contributed by atoms with Crippen molar-refractivity contribution < 1.29 is 19.1 Å². The van der Waals surface area contributed by atoms with Crippen LogP contribution in [-0.2, 0) is 4.74 Å². The van der Waals surface area contributed by atoms with Gasteiger partial charge >= 0.3 is 6.09 Å². The normalized spacial score (nSPS) is 13.7. The molecule has 0 radical (unpaired) electrons. The molecule has 1 aliphatic heterocycles. The molecule has 2 aromatic rings. The number of ketones is 1. The van der Waals surface area contributed by atoms with Crippen molar-refractivity contribution in [2.24, 2.45) is 0 Å². The van der Waals surface area contributed by atoms with Gasteiger partial charge < -0.3 is 19.9 Å². The number of Topliss-reactive ketones (excluding diaryl/α,β-unsaturated/α-hetero) is 1. The summed E-state index contributed by atoms with van der Waals surface area (Å²) >= 11 is 0. The second-order valence-electron chi connectivity index (χ2n) is 6.53.